The van der Waals surface area contributed by atoms with Gasteiger partial charge >= 0.3 is 0 Å². The number of amides is 2. The molecule has 2 fully saturated rings. The van der Waals surface area contributed by atoms with E-state index in [1.807, 2.05) is 48.5 Å². The number of aromatic nitrogens is 1. The van der Waals surface area contributed by atoms with Crippen molar-refractivity contribution >= 4 is 34.1 Å². The molecule has 9 heteroatoms. The predicted octanol–water partition coefficient (Wildman–Crippen LogP) is 6.58. The van der Waals surface area contributed by atoms with E-state index in [0.29, 0.717) is 22.4 Å². The van der Waals surface area contributed by atoms with Gasteiger partial charge in [-0.15, -0.1) is 0 Å². The number of likely N-dealkylation sites (tertiary alicyclic amines) is 2. The summed E-state index contributed by atoms with van der Waals surface area (Å²) in [5, 5.41) is 4.08. The van der Waals surface area contributed by atoms with Crippen molar-refractivity contribution in [3.8, 4) is 5.75 Å². The highest BCUT2D eigenvalue weighted by atomic mass is 16.5. The third kappa shape index (κ3) is 8.11. The Balaban J connectivity index is 1.11. The number of hydrogen-bond donors (Lipinski definition) is 2. The van der Waals surface area contributed by atoms with E-state index in [1.165, 1.54) is 11.1 Å². The molecule has 3 N–H and O–H groups in total. The summed E-state index contributed by atoms with van der Waals surface area (Å²) >= 11 is 0. The summed E-state index contributed by atoms with van der Waals surface area (Å²) in [7, 11) is 1.62. The van der Waals surface area contributed by atoms with Gasteiger partial charge in [0.2, 0.25) is 0 Å². The molecule has 0 spiro atoms. The fourth-order valence-electron chi connectivity index (χ4n) is 7.76. The minimum Gasteiger partial charge on any atom is -0.494 e. The van der Waals surface area contributed by atoms with E-state index >= 15 is 0 Å². The molecule has 0 atom stereocenters. The van der Waals surface area contributed by atoms with E-state index in [-0.39, 0.29) is 18.0 Å². The predicted molar refractivity (Wildman–Crippen MR) is 207 cm³/mol. The molecule has 0 bridgehead atoms. The van der Waals surface area contributed by atoms with E-state index in [1.54, 1.807) is 13.3 Å². The lowest BCUT2D eigenvalue weighted by atomic mass is 9.97. The highest BCUT2D eigenvalue weighted by Crippen LogP contribution is 2.41. The molecule has 52 heavy (non-hydrogen) atoms. The Morgan fingerprint density at radius 2 is 1.46 bits per heavy atom. The molecular formula is C43H48N6O3. The number of carbonyl (C=O) groups excluding carboxylic acids is 2. The van der Waals surface area contributed by atoms with Gasteiger partial charge in [-0.1, -0.05) is 72.8 Å². The van der Waals surface area contributed by atoms with Crippen molar-refractivity contribution in [2.45, 2.75) is 50.7 Å². The van der Waals surface area contributed by atoms with Gasteiger partial charge in [0.05, 0.1) is 18.4 Å². The molecule has 5 aromatic rings. The molecule has 0 radical (unpaired) electrons. The van der Waals surface area contributed by atoms with E-state index < -0.39 is 5.91 Å². The third-order valence-electron chi connectivity index (χ3n) is 10.6. The molecule has 0 unspecified atom stereocenters. The maximum absolute atomic E-state index is 13.5. The highest BCUT2D eigenvalue weighted by molar-refractivity contribution is 6.09. The molecule has 2 aliphatic heterocycles. The van der Waals surface area contributed by atoms with Crippen LogP contribution in [0, 0.1) is 0 Å². The minimum atomic E-state index is -0.539. The minimum absolute atomic E-state index is 0.0664. The normalized spacial score (nSPS) is 16.1. The van der Waals surface area contributed by atoms with E-state index in [4.69, 9.17) is 10.5 Å². The number of nitrogens with one attached hydrogen (secondary N) is 1. The summed E-state index contributed by atoms with van der Waals surface area (Å²) in [5.41, 5.74) is 11.9. The van der Waals surface area contributed by atoms with Gasteiger partial charge in [0, 0.05) is 74.2 Å². The molecule has 268 valence electrons. The van der Waals surface area contributed by atoms with Gasteiger partial charge in [-0.3, -0.25) is 19.5 Å². The van der Waals surface area contributed by atoms with Crippen LogP contribution in [0.1, 0.15) is 57.5 Å². The number of pyridine rings is 1. The molecule has 2 amide bonds. The van der Waals surface area contributed by atoms with E-state index in [2.05, 4.69) is 79.6 Å². The van der Waals surface area contributed by atoms with Crippen LogP contribution in [0.4, 0.5) is 11.4 Å². The quantitative estimate of drug-likeness (QED) is 0.152. The van der Waals surface area contributed by atoms with Crippen LogP contribution < -0.4 is 20.7 Å². The second-order valence-electron chi connectivity index (χ2n) is 14.0. The number of nitrogens with two attached hydrogens (primary N) is 1. The number of ether oxygens (including phenoxy) is 1. The molecule has 9 nitrogen and oxygen atoms in total. The number of fused-ring (bicyclic) bond motifs is 1. The average Bonchev–Trinajstić information content (AvgIpc) is 3.19. The SMILES string of the molecule is COc1cccc2c(N(c3ccc(C(=O)NC4CCN(Cc5ccccc5)CC4)cc3)C3CCN(CCc4ccccc4)CC3)c(C(N)=O)cnc12. The summed E-state index contributed by atoms with van der Waals surface area (Å²) in [6.45, 7) is 5.68. The topological polar surface area (TPSA) is 104 Å². The Bertz CT molecular complexity index is 1950. The zero-order valence-corrected chi connectivity index (χ0v) is 29.9. The number of methoxy groups -OCH3 is 1. The summed E-state index contributed by atoms with van der Waals surface area (Å²) in [5.74, 6) is 0.0231. The van der Waals surface area contributed by atoms with Crippen LogP contribution in [0.3, 0.4) is 0 Å². The summed E-state index contributed by atoms with van der Waals surface area (Å²) in [6, 6.07) is 34.9. The number of primary amides is 1. The zero-order valence-electron chi connectivity index (χ0n) is 29.9. The first-order valence-corrected chi connectivity index (χ1v) is 18.4. The van der Waals surface area contributed by atoms with Crippen molar-refractivity contribution in [3.63, 3.8) is 0 Å². The first-order valence-electron chi connectivity index (χ1n) is 18.4. The first-order chi connectivity index (χ1) is 25.5. The number of benzene rings is 4. The Morgan fingerprint density at radius 1 is 0.808 bits per heavy atom. The lowest BCUT2D eigenvalue weighted by molar-refractivity contribution is 0.0908. The zero-order chi connectivity index (χ0) is 35.9. The molecule has 3 heterocycles. The van der Waals surface area contributed by atoms with Crippen LogP contribution in [-0.4, -0.2) is 78.5 Å². The van der Waals surface area contributed by atoms with Gasteiger partial charge in [-0.25, -0.2) is 0 Å². The summed E-state index contributed by atoms with van der Waals surface area (Å²) in [4.78, 5) is 38.4. The second kappa shape index (κ2) is 16.4. The standard InChI is InChI=1S/C43H48N6O3/c1-52-39-14-8-13-37-40(39)45-29-38(42(44)50)41(37)49(36-22-27-47(28-23-36)24-19-31-9-4-2-5-10-31)35-17-15-33(16-18-35)43(51)46-34-20-25-48(26-21-34)30-32-11-6-3-7-12-32/h2-18,29,34,36H,19-28,30H2,1H3,(H2,44,50)(H,46,51). The van der Waals surface area contributed by atoms with Gasteiger partial charge in [0.1, 0.15) is 11.3 Å². The smallest absolute Gasteiger partial charge is 0.252 e. The van der Waals surface area contributed by atoms with Crippen LogP contribution in [0.2, 0.25) is 0 Å². The molecule has 0 saturated carbocycles. The van der Waals surface area contributed by atoms with Crippen molar-refractivity contribution in [1.29, 1.82) is 0 Å². The molecule has 1 aromatic heterocycles. The fourth-order valence-corrected chi connectivity index (χ4v) is 7.76. The maximum atomic E-state index is 13.5. The Labute approximate surface area is 306 Å². The van der Waals surface area contributed by atoms with Crippen molar-refractivity contribution in [2.75, 3.05) is 44.7 Å². The van der Waals surface area contributed by atoms with Gasteiger partial charge in [0.15, 0.2) is 0 Å². The van der Waals surface area contributed by atoms with Gasteiger partial charge in [0.25, 0.3) is 11.8 Å². The fraction of sp³-hybridized carbons (Fsp3) is 0.326. The first kappa shape index (κ1) is 35.2. The monoisotopic (exact) mass is 696 g/mol. The number of para-hydroxylation sites is 1. The molecule has 0 aliphatic carbocycles. The summed E-state index contributed by atoms with van der Waals surface area (Å²) < 4.78 is 5.68. The Morgan fingerprint density at radius 3 is 2.12 bits per heavy atom. The number of carbonyl (C=O) groups is 2. The number of rotatable bonds is 12. The lowest BCUT2D eigenvalue weighted by Gasteiger charge is -2.41. The van der Waals surface area contributed by atoms with E-state index in [0.717, 1.165) is 88.1 Å². The summed E-state index contributed by atoms with van der Waals surface area (Å²) in [6.07, 6.45) is 6.20. The number of piperidine rings is 2. The Hall–Kier alpha value is -5.25. The Kier molecular flexibility index (Phi) is 11.1. The number of nitrogens with zero attached hydrogens (tertiary/aromatic N) is 4. The molecule has 4 aromatic carbocycles. The molecule has 7 rings (SSSR count). The van der Waals surface area contributed by atoms with Crippen LogP contribution in [0.15, 0.2) is 109 Å². The van der Waals surface area contributed by atoms with Crippen molar-refractivity contribution in [2.24, 2.45) is 5.73 Å². The molecular weight excluding hydrogens is 649 g/mol. The highest BCUT2D eigenvalue weighted by Gasteiger charge is 2.31. The van der Waals surface area contributed by atoms with Gasteiger partial charge < -0.3 is 25.6 Å². The van der Waals surface area contributed by atoms with Crippen LogP contribution in [0.25, 0.3) is 10.9 Å². The second-order valence-corrected chi connectivity index (χ2v) is 14.0. The largest absolute Gasteiger partial charge is 0.494 e. The van der Waals surface area contributed by atoms with Crippen LogP contribution in [-0.2, 0) is 13.0 Å². The van der Waals surface area contributed by atoms with Gasteiger partial charge in [-0.05, 0) is 73.6 Å². The molecule has 2 saturated heterocycles. The number of anilines is 2. The maximum Gasteiger partial charge on any atom is 0.252 e. The van der Waals surface area contributed by atoms with Crippen molar-refractivity contribution in [3.05, 3.63) is 132 Å². The van der Waals surface area contributed by atoms with Crippen molar-refractivity contribution in [1.82, 2.24) is 20.1 Å². The van der Waals surface area contributed by atoms with Crippen molar-refractivity contribution < 1.29 is 14.3 Å². The number of hydrogen-bond acceptors (Lipinski definition) is 7. The average molecular weight is 697 g/mol. The van der Waals surface area contributed by atoms with Crippen LogP contribution >= 0.6 is 0 Å². The molecule has 2 aliphatic rings. The van der Waals surface area contributed by atoms with Crippen LogP contribution in [0.5, 0.6) is 5.75 Å². The third-order valence-corrected chi connectivity index (χ3v) is 10.6. The van der Waals surface area contributed by atoms with Gasteiger partial charge in [-0.2, -0.15) is 0 Å². The lowest BCUT2D eigenvalue weighted by Crippen LogP contribution is -2.44. The van der Waals surface area contributed by atoms with E-state index in [9.17, 15) is 9.59 Å².